The van der Waals surface area contributed by atoms with Gasteiger partial charge in [0, 0.05) is 32.2 Å². The summed E-state index contributed by atoms with van der Waals surface area (Å²) < 4.78 is 11.1. The highest BCUT2D eigenvalue weighted by Gasteiger charge is 2.15. The Morgan fingerprint density at radius 1 is 1.37 bits per heavy atom. The van der Waals surface area contributed by atoms with Crippen molar-refractivity contribution in [1.82, 2.24) is 10.6 Å². The number of hydrogen-bond donors (Lipinski definition) is 2. The van der Waals surface area contributed by atoms with Crippen LogP contribution in [0.2, 0.25) is 10.0 Å². The van der Waals surface area contributed by atoms with Crippen molar-refractivity contribution in [2.75, 3.05) is 39.5 Å². The van der Waals surface area contributed by atoms with Crippen molar-refractivity contribution in [3.63, 3.8) is 0 Å². The summed E-state index contributed by atoms with van der Waals surface area (Å²) in [5.74, 6) is 1.35. The average molecular weight is 530 g/mol. The number of halogens is 3. The van der Waals surface area contributed by atoms with E-state index in [1.165, 1.54) is 0 Å². The number of guanidine groups is 1. The summed E-state index contributed by atoms with van der Waals surface area (Å²) in [6.45, 7) is 8.85. The van der Waals surface area contributed by atoms with Gasteiger partial charge in [-0.1, -0.05) is 29.3 Å². The van der Waals surface area contributed by atoms with Gasteiger partial charge in [-0.2, -0.15) is 0 Å². The molecule has 1 aliphatic rings. The number of hydrogen-bond acceptors (Lipinski definition) is 3. The molecule has 2 atom stereocenters. The van der Waals surface area contributed by atoms with E-state index >= 15 is 0 Å². The minimum Gasteiger partial charge on any atom is -0.381 e. The maximum Gasteiger partial charge on any atom is 0.191 e. The van der Waals surface area contributed by atoms with Crippen LogP contribution >= 0.6 is 47.2 Å². The highest BCUT2D eigenvalue weighted by Crippen LogP contribution is 2.25. The first kappa shape index (κ1) is 24.8. The maximum absolute atomic E-state index is 6.11. The fourth-order valence-electron chi connectivity index (χ4n) is 2.71. The van der Waals surface area contributed by atoms with Gasteiger partial charge in [0.05, 0.1) is 29.3 Å². The van der Waals surface area contributed by atoms with Crippen molar-refractivity contribution in [2.24, 2.45) is 10.9 Å². The van der Waals surface area contributed by atoms with Crippen LogP contribution in [0.5, 0.6) is 0 Å². The van der Waals surface area contributed by atoms with Crippen molar-refractivity contribution in [1.29, 1.82) is 0 Å². The smallest absolute Gasteiger partial charge is 0.191 e. The molecule has 0 aromatic heterocycles. The van der Waals surface area contributed by atoms with Crippen molar-refractivity contribution >= 4 is 53.1 Å². The highest BCUT2D eigenvalue weighted by molar-refractivity contribution is 14.0. The minimum absolute atomic E-state index is 0. The van der Waals surface area contributed by atoms with E-state index in [-0.39, 0.29) is 30.0 Å². The van der Waals surface area contributed by atoms with E-state index in [9.17, 15) is 0 Å². The first-order valence-electron chi connectivity index (χ1n) is 9.25. The molecule has 8 heteroatoms. The molecule has 1 heterocycles. The van der Waals surface area contributed by atoms with Crippen LogP contribution in [-0.2, 0) is 9.47 Å². The number of rotatable bonds is 9. The molecule has 1 fully saturated rings. The van der Waals surface area contributed by atoms with E-state index in [2.05, 4.69) is 22.5 Å². The second-order valence-corrected chi connectivity index (χ2v) is 7.27. The van der Waals surface area contributed by atoms with E-state index in [4.69, 9.17) is 32.7 Å². The van der Waals surface area contributed by atoms with Crippen LogP contribution in [0.15, 0.2) is 23.2 Å². The van der Waals surface area contributed by atoms with Crippen molar-refractivity contribution < 1.29 is 9.47 Å². The van der Waals surface area contributed by atoms with Gasteiger partial charge < -0.3 is 20.1 Å². The molecule has 0 radical (unpaired) electrons. The summed E-state index contributed by atoms with van der Waals surface area (Å²) in [5.41, 5.74) is 1.06. The van der Waals surface area contributed by atoms with Crippen molar-refractivity contribution in [2.45, 2.75) is 32.7 Å². The van der Waals surface area contributed by atoms with Gasteiger partial charge in [0.1, 0.15) is 0 Å². The van der Waals surface area contributed by atoms with Gasteiger partial charge in [0.15, 0.2) is 5.96 Å². The van der Waals surface area contributed by atoms with Crippen molar-refractivity contribution in [3.05, 3.63) is 33.8 Å². The molecule has 27 heavy (non-hydrogen) atoms. The predicted molar refractivity (Wildman–Crippen MR) is 124 cm³/mol. The quantitative estimate of drug-likeness (QED) is 0.211. The van der Waals surface area contributed by atoms with Crippen LogP contribution < -0.4 is 10.6 Å². The SMILES string of the molecule is CCNC(=NCCCOCC1CCOC1)NC(C)c1ccc(Cl)c(Cl)c1.I. The Bertz CT molecular complexity index is 584. The second kappa shape index (κ2) is 13.8. The summed E-state index contributed by atoms with van der Waals surface area (Å²) in [6, 6.07) is 5.73. The number of ether oxygens (including phenoxy) is 2. The Labute approximate surface area is 189 Å². The zero-order valence-corrected chi connectivity index (χ0v) is 19.8. The number of aliphatic imine (C=N–C) groups is 1. The summed E-state index contributed by atoms with van der Waals surface area (Å²) in [4.78, 5) is 4.62. The topological polar surface area (TPSA) is 54.9 Å². The summed E-state index contributed by atoms with van der Waals surface area (Å²) in [7, 11) is 0. The zero-order valence-electron chi connectivity index (χ0n) is 16.0. The molecule has 1 aromatic carbocycles. The van der Waals surface area contributed by atoms with Gasteiger partial charge in [-0.05, 0) is 44.4 Å². The fourth-order valence-corrected chi connectivity index (χ4v) is 3.02. The van der Waals surface area contributed by atoms with Gasteiger partial charge >= 0.3 is 0 Å². The molecule has 5 nitrogen and oxygen atoms in total. The Kier molecular flexibility index (Phi) is 12.7. The van der Waals surface area contributed by atoms with Gasteiger partial charge in [0.25, 0.3) is 0 Å². The third kappa shape index (κ3) is 9.17. The lowest BCUT2D eigenvalue weighted by Gasteiger charge is -2.18. The molecule has 2 N–H and O–H groups in total. The van der Waals surface area contributed by atoms with Crippen LogP contribution in [0.3, 0.4) is 0 Å². The van der Waals surface area contributed by atoms with Gasteiger partial charge in [-0.25, -0.2) is 0 Å². The molecular weight excluding hydrogens is 500 g/mol. The molecule has 2 rings (SSSR count). The van der Waals surface area contributed by atoms with E-state index in [0.29, 0.717) is 22.5 Å². The van der Waals surface area contributed by atoms with Crippen LogP contribution in [0.1, 0.15) is 38.3 Å². The average Bonchev–Trinajstić information content (AvgIpc) is 3.13. The largest absolute Gasteiger partial charge is 0.381 e. The Morgan fingerprint density at radius 3 is 2.85 bits per heavy atom. The van der Waals surface area contributed by atoms with Gasteiger partial charge in [-0.3, -0.25) is 4.99 Å². The van der Waals surface area contributed by atoms with Crippen LogP contribution in [-0.4, -0.2) is 45.5 Å². The van der Waals surface area contributed by atoms with Crippen LogP contribution in [0.4, 0.5) is 0 Å². The van der Waals surface area contributed by atoms with Crippen LogP contribution in [0.25, 0.3) is 0 Å². The summed E-state index contributed by atoms with van der Waals surface area (Å²) >= 11 is 12.1. The molecule has 0 saturated carbocycles. The van der Waals surface area contributed by atoms with E-state index in [1.807, 2.05) is 25.1 Å². The first-order valence-corrected chi connectivity index (χ1v) is 10.0. The highest BCUT2D eigenvalue weighted by atomic mass is 127. The van der Waals surface area contributed by atoms with E-state index in [1.54, 1.807) is 0 Å². The second-order valence-electron chi connectivity index (χ2n) is 6.46. The maximum atomic E-state index is 6.11. The first-order chi connectivity index (χ1) is 12.6. The van der Waals surface area contributed by atoms with Gasteiger partial charge in [-0.15, -0.1) is 24.0 Å². The normalized spacial score (nSPS) is 18.1. The fraction of sp³-hybridized carbons (Fsp3) is 0.632. The molecule has 1 saturated heterocycles. The van der Waals surface area contributed by atoms with E-state index < -0.39 is 0 Å². The lowest BCUT2D eigenvalue weighted by molar-refractivity contribution is 0.0893. The van der Waals surface area contributed by atoms with Crippen LogP contribution in [0, 0.1) is 5.92 Å². The Hall–Kier alpha value is -0.280. The molecular formula is C19H30Cl2IN3O2. The molecule has 0 spiro atoms. The minimum atomic E-state index is 0. The predicted octanol–water partition coefficient (Wildman–Crippen LogP) is 4.67. The Morgan fingerprint density at radius 2 is 2.19 bits per heavy atom. The van der Waals surface area contributed by atoms with E-state index in [0.717, 1.165) is 57.3 Å². The summed E-state index contributed by atoms with van der Waals surface area (Å²) in [5, 5.41) is 7.79. The molecule has 1 aromatic rings. The zero-order chi connectivity index (χ0) is 18.8. The molecule has 0 bridgehead atoms. The molecule has 154 valence electrons. The third-order valence-electron chi connectivity index (χ3n) is 4.24. The number of nitrogens with zero attached hydrogens (tertiary/aromatic N) is 1. The monoisotopic (exact) mass is 529 g/mol. The lowest BCUT2D eigenvalue weighted by Crippen LogP contribution is -2.38. The molecule has 0 aliphatic carbocycles. The van der Waals surface area contributed by atoms with Gasteiger partial charge in [0.2, 0.25) is 0 Å². The molecule has 2 unspecified atom stereocenters. The Balaban J connectivity index is 0.00000364. The van der Waals surface area contributed by atoms with Crippen molar-refractivity contribution in [3.8, 4) is 0 Å². The number of benzene rings is 1. The third-order valence-corrected chi connectivity index (χ3v) is 4.97. The number of nitrogens with one attached hydrogen (secondary N) is 2. The summed E-state index contributed by atoms with van der Waals surface area (Å²) in [6.07, 6.45) is 2.00. The molecule has 0 amide bonds. The molecule has 1 aliphatic heterocycles. The lowest BCUT2D eigenvalue weighted by atomic mass is 10.1. The standard InChI is InChI=1S/C19H29Cl2N3O2.HI/c1-3-22-19(23-8-4-9-25-12-15-7-10-26-13-15)24-14(2)16-5-6-17(20)18(21)11-16;/h5-6,11,14-15H,3-4,7-10,12-13H2,1-2H3,(H2,22,23,24);1H.